The molecule has 0 radical (unpaired) electrons. The first-order chi connectivity index (χ1) is 9.16. The Balaban J connectivity index is 2.37. The SMILES string of the molecule is CCCCCCCCOc1cccc(Cl)c1[N+](=O)[O-]. The zero-order valence-corrected chi connectivity index (χ0v) is 12.0. The van der Waals surface area contributed by atoms with Gasteiger partial charge in [0, 0.05) is 0 Å². The van der Waals surface area contributed by atoms with Crippen LogP contribution in [0.1, 0.15) is 45.4 Å². The Hall–Kier alpha value is -1.29. The van der Waals surface area contributed by atoms with Crippen LogP contribution >= 0.6 is 11.6 Å². The highest BCUT2D eigenvalue weighted by Gasteiger charge is 2.19. The van der Waals surface area contributed by atoms with E-state index in [9.17, 15) is 10.1 Å². The molecule has 4 nitrogen and oxygen atoms in total. The minimum atomic E-state index is -0.501. The molecule has 0 aliphatic rings. The second kappa shape index (κ2) is 8.75. The standard InChI is InChI=1S/C14H20ClNO3/c1-2-3-4-5-6-7-11-19-13-10-8-9-12(15)14(13)16(17)18/h8-10H,2-7,11H2,1H3. The Bertz CT molecular complexity index is 410. The second-order valence-electron chi connectivity index (χ2n) is 4.46. The van der Waals surface area contributed by atoms with Crippen LogP contribution in [0.3, 0.4) is 0 Å². The third-order valence-electron chi connectivity index (χ3n) is 2.89. The lowest BCUT2D eigenvalue weighted by molar-refractivity contribution is -0.385. The van der Waals surface area contributed by atoms with Crippen LogP contribution in [-0.4, -0.2) is 11.5 Å². The Morgan fingerprint density at radius 1 is 1.21 bits per heavy atom. The molecule has 0 aliphatic carbocycles. The predicted molar refractivity (Wildman–Crippen MR) is 77.0 cm³/mol. The monoisotopic (exact) mass is 285 g/mol. The first kappa shape index (κ1) is 15.8. The number of unbranched alkanes of at least 4 members (excludes halogenated alkanes) is 5. The molecule has 1 aromatic carbocycles. The first-order valence-corrected chi connectivity index (χ1v) is 7.10. The van der Waals surface area contributed by atoms with Gasteiger partial charge in [0.2, 0.25) is 0 Å². The van der Waals surface area contributed by atoms with Gasteiger partial charge < -0.3 is 4.74 Å². The molecule has 0 saturated carbocycles. The number of nitrogens with zero attached hydrogens (tertiary/aromatic N) is 1. The van der Waals surface area contributed by atoms with E-state index in [-0.39, 0.29) is 16.5 Å². The molecule has 0 atom stereocenters. The van der Waals surface area contributed by atoms with E-state index in [2.05, 4.69) is 6.92 Å². The molecule has 0 fully saturated rings. The van der Waals surface area contributed by atoms with Crippen LogP contribution < -0.4 is 4.74 Å². The minimum absolute atomic E-state index is 0.116. The van der Waals surface area contributed by atoms with Gasteiger partial charge in [-0.2, -0.15) is 0 Å². The fraction of sp³-hybridized carbons (Fsp3) is 0.571. The van der Waals surface area contributed by atoms with Gasteiger partial charge in [0.05, 0.1) is 11.5 Å². The van der Waals surface area contributed by atoms with Gasteiger partial charge in [0.25, 0.3) is 0 Å². The molecule has 0 heterocycles. The Kier molecular flexibility index (Phi) is 7.26. The smallest absolute Gasteiger partial charge is 0.329 e. The van der Waals surface area contributed by atoms with Gasteiger partial charge in [0.1, 0.15) is 5.02 Å². The molecule has 0 aromatic heterocycles. The van der Waals surface area contributed by atoms with Gasteiger partial charge in [-0.25, -0.2) is 0 Å². The number of hydrogen-bond acceptors (Lipinski definition) is 3. The number of nitro groups is 1. The molecule has 0 spiro atoms. The van der Waals surface area contributed by atoms with Gasteiger partial charge in [-0.1, -0.05) is 56.7 Å². The summed E-state index contributed by atoms with van der Waals surface area (Å²) in [4.78, 5) is 10.4. The van der Waals surface area contributed by atoms with E-state index in [1.165, 1.54) is 31.7 Å². The average molecular weight is 286 g/mol. The summed E-state index contributed by atoms with van der Waals surface area (Å²) >= 11 is 5.80. The van der Waals surface area contributed by atoms with Crippen molar-refractivity contribution in [2.75, 3.05) is 6.61 Å². The maximum atomic E-state index is 10.9. The van der Waals surface area contributed by atoms with Gasteiger partial charge >= 0.3 is 5.69 Å². The fourth-order valence-electron chi connectivity index (χ4n) is 1.85. The summed E-state index contributed by atoms with van der Waals surface area (Å²) in [5, 5.41) is 11.0. The molecule has 0 amide bonds. The number of halogens is 1. The van der Waals surface area contributed by atoms with E-state index in [4.69, 9.17) is 16.3 Å². The molecule has 1 aromatic rings. The minimum Gasteiger partial charge on any atom is -0.487 e. The lowest BCUT2D eigenvalue weighted by Crippen LogP contribution is -2.01. The maximum absolute atomic E-state index is 10.9. The van der Waals surface area contributed by atoms with Gasteiger partial charge in [-0.15, -0.1) is 0 Å². The van der Waals surface area contributed by atoms with E-state index >= 15 is 0 Å². The fourth-order valence-corrected chi connectivity index (χ4v) is 2.09. The van der Waals surface area contributed by atoms with Crippen molar-refractivity contribution in [2.24, 2.45) is 0 Å². The summed E-state index contributed by atoms with van der Waals surface area (Å²) in [5.41, 5.74) is -0.143. The molecular formula is C14H20ClNO3. The molecule has 0 aliphatic heterocycles. The topological polar surface area (TPSA) is 52.4 Å². The zero-order chi connectivity index (χ0) is 14.1. The second-order valence-corrected chi connectivity index (χ2v) is 4.87. The van der Waals surface area contributed by atoms with Crippen molar-refractivity contribution in [1.29, 1.82) is 0 Å². The Morgan fingerprint density at radius 3 is 2.58 bits per heavy atom. The summed E-state index contributed by atoms with van der Waals surface area (Å²) in [5.74, 6) is 0.256. The summed E-state index contributed by atoms with van der Waals surface area (Å²) in [6, 6.07) is 4.74. The summed E-state index contributed by atoms with van der Waals surface area (Å²) in [6.45, 7) is 2.68. The molecule has 0 bridgehead atoms. The number of para-hydroxylation sites is 1. The average Bonchev–Trinajstić information content (AvgIpc) is 2.37. The highest BCUT2D eigenvalue weighted by Crippen LogP contribution is 2.34. The summed E-state index contributed by atoms with van der Waals surface area (Å²) in [6.07, 6.45) is 6.93. The number of rotatable bonds is 9. The molecule has 0 N–H and O–H groups in total. The number of benzene rings is 1. The van der Waals surface area contributed by atoms with Crippen molar-refractivity contribution >= 4 is 17.3 Å². The van der Waals surface area contributed by atoms with Crippen LogP contribution in [0.4, 0.5) is 5.69 Å². The number of nitro benzene ring substituents is 1. The quantitative estimate of drug-likeness (QED) is 0.365. The number of ether oxygens (including phenoxy) is 1. The summed E-state index contributed by atoms with van der Waals surface area (Å²) < 4.78 is 5.46. The molecule has 0 saturated heterocycles. The lowest BCUT2D eigenvalue weighted by Gasteiger charge is -2.07. The largest absolute Gasteiger partial charge is 0.487 e. The van der Waals surface area contributed by atoms with Gasteiger partial charge in [-0.3, -0.25) is 10.1 Å². The maximum Gasteiger partial charge on any atom is 0.329 e. The van der Waals surface area contributed by atoms with Crippen molar-refractivity contribution < 1.29 is 9.66 Å². The lowest BCUT2D eigenvalue weighted by atomic mass is 10.1. The number of hydrogen-bond donors (Lipinski definition) is 0. The normalized spacial score (nSPS) is 10.4. The molecule has 5 heteroatoms. The van der Waals surface area contributed by atoms with Crippen LogP contribution in [0.2, 0.25) is 5.02 Å². The van der Waals surface area contributed by atoms with E-state index < -0.39 is 4.92 Å². The third kappa shape index (κ3) is 5.47. The molecule has 106 valence electrons. The van der Waals surface area contributed by atoms with E-state index in [0.717, 1.165) is 12.8 Å². The molecular weight excluding hydrogens is 266 g/mol. The molecule has 1 rings (SSSR count). The highest BCUT2D eigenvalue weighted by atomic mass is 35.5. The molecule has 0 unspecified atom stereocenters. The van der Waals surface area contributed by atoms with Gasteiger partial charge in [-0.05, 0) is 18.6 Å². The van der Waals surface area contributed by atoms with Crippen LogP contribution in [0.25, 0.3) is 0 Å². The van der Waals surface area contributed by atoms with Crippen LogP contribution in [0.5, 0.6) is 5.75 Å². The van der Waals surface area contributed by atoms with Gasteiger partial charge in [0.15, 0.2) is 5.75 Å². The van der Waals surface area contributed by atoms with Crippen LogP contribution in [-0.2, 0) is 0 Å². The molecule has 19 heavy (non-hydrogen) atoms. The Morgan fingerprint density at radius 2 is 1.89 bits per heavy atom. The van der Waals surface area contributed by atoms with Crippen molar-refractivity contribution in [3.05, 3.63) is 33.3 Å². The third-order valence-corrected chi connectivity index (χ3v) is 3.19. The first-order valence-electron chi connectivity index (χ1n) is 6.72. The van der Waals surface area contributed by atoms with E-state index in [1.54, 1.807) is 12.1 Å². The van der Waals surface area contributed by atoms with E-state index in [0.29, 0.717) is 6.61 Å². The Labute approximate surface area is 118 Å². The van der Waals surface area contributed by atoms with E-state index in [1.807, 2.05) is 0 Å². The van der Waals surface area contributed by atoms with Crippen molar-refractivity contribution in [1.82, 2.24) is 0 Å². The predicted octanol–water partition coefficient (Wildman–Crippen LogP) is 4.99. The van der Waals surface area contributed by atoms with Crippen molar-refractivity contribution in [3.8, 4) is 5.75 Å². The summed E-state index contributed by atoms with van der Waals surface area (Å²) in [7, 11) is 0. The van der Waals surface area contributed by atoms with Crippen molar-refractivity contribution in [3.63, 3.8) is 0 Å². The zero-order valence-electron chi connectivity index (χ0n) is 11.2. The van der Waals surface area contributed by atoms with Crippen LogP contribution in [0, 0.1) is 10.1 Å². The van der Waals surface area contributed by atoms with Crippen molar-refractivity contribution in [2.45, 2.75) is 45.4 Å². The van der Waals surface area contributed by atoms with Crippen LogP contribution in [0.15, 0.2) is 18.2 Å². The highest BCUT2D eigenvalue weighted by molar-refractivity contribution is 6.32.